The molecule has 0 bridgehead atoms. The molecule has 1 heterocycles. The molecular weight excluding hydrogens is 476 g/mol. The Bertz CT molecular complexity index is 1040. The van der Waals surface area contributed by atoms with Gasteiger partial charge in [-0.25, -0.2) is 5.43 Å². The van der Waals surface area contributed by atoms with E-state index in [0.717, 1.165) is 20.0 Å². The van der Waals surface area contributed by atoms with Gasteiger partial charge in [0.05, 0.1) is 26.2 Å². The number of carbonyl (C=O) groups is 1. The van der Waals surface area contributed by atoms with E-state index in [9.17, 15) is 4.79 Å². The predicted octanol–water partition coefficient (Wildman–Crippen LogP) is 4.74. The molecule has 0 atom stereocenters. The molecule has 31 heavy (non-hydrogen) atoms. The Hall–Kier alpha value is -2.27. The number of rotatable bonds is 10. The van der Waals surface area contributed by atoms with Crippen LogP contribution in [0.2, 0.25) is 5.02 Å². The first-order chi connectivity index (χ1) is 15.1. The molecular formula is C20H19ClN4O3S3. The second-order valence-electron chi connectivity index (χ2n) is 5.91. The molecule has 3 rings (SSSR count). The second kappa shape index (κ2) is 11.9. The van der Waals surface area contributed by atoms with Gasteiger partial charge in [0, 0.05) is 16.3 Å². The average molecular weight is 495 g/mol. The van der Waals surface area contributed by atoms with Crippen molar-refractivity contribution in [3.63, 3.8) is 0 Å². The van der Waals surface area contributed by atoms with Crippen LogP contribution in [0, 0.1) is 0 Å². The van der Waals surface area contributed by atoms with E-state index in [-0.39, 0.29) is 11.7 Å². The van der Waals surface area contributed by atoms with Crippen LogP contribution in [0.15, 0.2) is 56.2 Å². The number of amides is 1. The van der Waals surface area contributed by atoms with Crippen molar-refractivity contribution in [1.29, 1.82) is 0 Å². The molecule has 2 aromatic carbocycles. The molecule has 0 unspecified atom stereocenters. The molecule has 0 saturated heterocycles. The van der Waals surface area contributed by atoms with Gasteiger partial charge >= 0.3 is 0 Å². The molecule has 162 valence electrons. The average Bonchev–Trinajstić information content (AvgIpc) is 3.25. The van der Waals surface area contributed by atoms with Gasteiger partial charge in [0.15, 0.2) is 20.2 Å². The number of methoxy groups -OCH3 is 2. The fourth-order valence-corrected chi connectivity index (χ4v) is 5.28. The topological polar surface area (TPSA) is 85.7 Å². The van der Waals surface area contributed by atoms with E-state index < -0.39 is 0 Å². The Morgan fingerprint density at radius 1 is 1.13 bits per heavy atom. The minimum Gasteiger partial charge on any atom is -0.493 e. The van der Waals surface area contributed by atoms with Gasteiger partial charge in [0.1, 0.15) is 0 Å². The molecule has 1 amide bonds. The summed E-state index contributed by atoms with van der Waals surface area (Å²) in [5, 5.41) is 13.0. The van der Waals surface area contributed by atoms with E-state index in [0.29, 0.717) is 22.1 Å². The van der Waals surface area contributed by atoms with Gasteiger partial charge in [-0.05, 0) is 29.8 Å². The maximum atomic E-state index is 12.1. The first-order valence-electron chi connectivity index (χ1n) is 8.95. The largest absolute Gasteiger partial charge is 0.493 e. The summed E-state index contributed by atoms with van der Waals surface area (Å²) in [5.41, 5.74) is 4.35. The highest BCUT2D eigenvalue weighted by atomic mass is 35.5. The number of carbonyl (C=O) groups excluding carboxylic acids is 1. The highest BCUT2D eigenvalue weighted by Crippen LogP contribution is 2.31. The predicted molar refractivity (Wildman–Crippen MR) is 127 cm³/mol. The molecule has 0 radical (unpaired) electrons. The van der Waals surface area contributed by atoms with Crippen molar-refractivity contribution in [3.8, 4) is 11.5 Å². The molecule has 11 heteroatoms. The van der Waals surface area contributed by atoms with Crippen molar-refractivity contribution in [1.82, 2.24) is 15.6 Å². The molecule has 3 aromatic rings. The number of thioether (sulfide) groups is 2. The Balaban J connectivity index is 1.45. The number of hydrogen-bond donors (Lipinski definition) is 1. The van der Waals surface area contributed by atoms with Gasteiger partial charge < -0.3 is 9.47 Å². The molecule has 0 aliphatic heterocycles. The third-order valence-corrected chi connectivity index (χ3v) is 7.33. The number of ether oxygens (including phenoxy) is 2. The van der Waals surface area contributed by atoms with Crippen LogP contribution < -0.4 is 14.9 Å². The molecule has 0 aliphatic rings. The molecule has 0 fully saturated rings. The number of para-hydroxylation sites is 1. The van der Waals surface area contributed by atoms with Crippen molar-refractivity contribution in [2.45, 2.75) is 14.4 Å². The first kappa shape index (κ1) is 23.4. The van der Waals surface area contributed by atoms with Crippen LogP contribution in [0.1, 0.15) is 11.1 Å². The summed E-state index contributed by atoms with van der Waals surface area (Å²) >= 11 is 10.3. The van der Waals surface area contributed by atoms with Crippen LogP contribution in [0.5, 0.6) is 11.5 Å². The lowest BCUT2D eigenvalue weighted by Gasteiger charge is -2.09. The minimum absolute atomic E-state index is 0.184. The summed E-state index contributed by atoms with van der Waals surface area (Å²) < 4.78 is 12.2. The van der Waals surface area contributed by atoms with Crippen LogP contribution >= 0.6 is 46.5 Å². The van der Waals surface area contributed by atoms with Gasteiger partial charge in [-0.15, -0.1) is 10.2 Å². The normalized spacial score (nSPS) is 10.9. The molecule has 0 spiro atoms. The Kier molecular flexibility index (Phi) is 9.01. The summed E-state index contributed by atoms with van der Waals surface area (Å²) in [4.78, 5) is 12.1. The van der Waals surface area contributed by atoms with Gasteiger partial charge in [0.25, 0.3) is 5.91 Å². The lowest BCUT2D eigenvalue weighted by atomic mass is 10.2. The summed E-state index contributed by atoms with van der Waals surface area (Å²) in [6.07, 6.45) is 1.51. The van der Waals surface area contributed by atoms with Crippen molar-refractivity contribution < 1.29 is 14.3 Å². The highest BCUT2D eigenvalue weighted by molar-refractivity contribution is 8.03. The van der Waals surface area contributed by atoms with Crippen LogP contribution in [0.4, 0.5) is 0 Å². The minimum atomic E-state index is -0.242. The third-order valence-electron chi connectivity index (χ3n) is 3.82. The van der Waals surface area contributed by atoms with Crippen molar-refractivity contribution >= 4 is 58.6 Å². The van der Waals surface area contributed by atoms with Gasteiger partial charge in [-0.1, -0.05) is 64.7 Å². The summed E-state index contributed by atoms with van der Waals surface area (Å²) in [5.74, 6) is 1.86. The standard InChI is InChI=1S/C20H19ClN4O3S3/c1-27-16-5-3-4-14(18(16)28-2)10-22-23-17(26)12-30-20-25-24-19(31-20)29-11-13-6-8-15(21)9-7-13/h3-10H,11-12H2,1-2H3,(H,23,26)/b22-10-. The third kappa shape index (κ3) is 7.13. The zero-order valence-electron chi connectivity index (χ0n) is 16.7. The number of benzene rings is 2. The van der Waals surface area contributed by atoms with Gasteiger partial charge in [-0.3, -0.25) is 4.79 Å². The van der Waals surface area contributed by atoms with Crippen LogP contribution in [0.3, 0.4) is 0 Å². The van der Waals surface area contributed by atoms with E-state index in [1.54, 1.807) is 32.0 Å². The summed E-state index contributed by atoms with van der Waals surface area (Å²) in [6, 6.07) is 13.1. The zero-order valence-corrected chi connectivity index (χ0v) is 19.9. The number of hydrazone groups is 1. The summed E-state index contributed by atoms with van der Waals surface area (Å²) in [6.45, 7) is 0. The number of nitrogens with zero attached hydrogens (tertiary/aromatic N) is 3. The van der Waals surface area contributed by atoms with E-state index in [2.05, 4.69) is 20.7 Å². The molecule has 0 aliphatic carbocycles. The van der Waals surface area contributed by atoms with Gasteiger partial charge in [0.2, 0.25) is 0 Å². The Labute approximate surface area is 197 Å². The van der Waals surface area contributed by atoms with Crippen molar-refractivity contribution in [3.05, 3.63) is 58.6 Å². The van der Waals surface area contributed by atoms with Crippen molar-refractivity contribution in [2.75, 3.05) is 20.0 Å². The lowest BCUT2D eigenvalue weighted by molar-refractivity contribution is -0.118. The maximum absolute atomic E-state index is 12.1. The van der Waals surface area contributed by atoms with Crippen LogP contribution in [-0.4, -0.2) is 42.3 Å². The molecule has 1 N–H and O–H groups in total. The molecule has 7 nitrogen and oxygen atoms in total. The van der Waals surface area contributed by atoms with E-state index in [1.165, 1.54) is 29.3 Å². The Morgan fingerprint density at radius 2 is 1.87 bits per heavy atom. The summed E-state index contributed by atoms with van der Waals surface area (Å²) in [7, 11) is 3.11. The van der Waals surface area contributed by atoms with E-state index >= 15 is 0 Å². The smallest absolute Gasteiger partial charge is 0.250 e. The highest BCUT2D eigenvalue weighted by Gasteiger charge is 2.10. The number of hydrogen-bond acceptors (Lipinski definition) is 9. The van der Waals surface area contributed by atoms with Gasteiger partial charge in [-0.2, -0.15) is 5.10 Å². The number of nitrogens with one attached hydrogen (secondary N) is 1. The maximum Gasteiger partial charge on any atom is 0.250 e. The molecule has 0 saturated carbocycles. The van der Waals surface area contributed by atoms with Crippen molar-refractivity contribution in [2.24, 2.45) is 5.10 Å². The number of aromatic nitrogens is 2. The lowest BCUT2D eigenvalue weighted by Crippen LogP contribution is -2.19. The van der Waals surface area contributed by atoms with E-state index in [1.807, 2.05) is 36.4 Å². The SMILES string of the molecule is COc1cccc(/C=N\NC(=O)CSc2nnc(SCc3ccc(Cl)cc3)s2)c1OC. The fraction of sp³-hybridized carbons (Fsp3) is 0.200. The quantitative estimate of drug-likeness (QED) is 0.247. The second-order valence-corrected chi connectivity index (χ2v) is 9.77. The number of halogens is 1. The zero-order chi connectivity index (χ0) is 22.1. The van der Waals surface area contributed by atoms with Crippen LogP contribution in [-0.2, 0) is 10.5 Å². The fourth-order valence-electron chi connectivity index (χ4n) is 2.39. The van der Waals surface area contributed by atoms with E-state index in [4.69, 9.17) is 21.1 Å². The molecule has 1 aromatic heterocycles. The monoisotopic (exact) mass is 494 g/mol. The first-order valence-corrected chi connectivity index (χ1v) is 12.1. The Morgan fingerprint density at radius 3 is 2.58 bits per heavy atom. The van der Waals surface area contributed by atoms with Crippen LogP contribution in [0.25, 0.3) is 0 Å².